The van der Waals surface area contributed by atoms with Crippen molar-refractivity contribution in [3.8, 4) is 11.8 Å². The Hall–Kier alpha value is -4.18. The van der Waals surface area contributed by atoms with Crippen LogP contribution in [0.25, 0.3) is 0 Å². The monoisotopic (exact) mass is 484 g/mol. The van der Waals surface area contributed by atoms with Gasteiger partial charge in [0.05, 0.1) is 25.2 Å². The van der Waals surface area contributed by atoms with Gasteiger partial charge in [0.15, 0.2) is 6.73 Å². The van der Waals surface area contributed by atoms with Crippen LogP contribution < -0.4 is 4.74 Å². The molecule has 1 aliphatic heterocycles. The molecule has 1 atom stereocenters. The Morgan fingerprint density at radius 3 is 2.58 bits per heavy atom. The highest BCUT2D eigenvalue weighted by molar-refractivity contribution is 5.97. The molecule has 1 amide bonds. The number of nitriles is 1. The molecule has 0 radical (unpaired) electrons. The molecular formula is C29H25FN2O4. The number of halogens is 1. The lowest BCUT2D eigenvalue weighted by Gasteiger charge is -2.34. The van der Waals surface area contributed by atoms with Gasteiger partial charge in [-0.2, -0.15) is 5.26 Å². The zero-order valence-electron chi connectivity index (χ0n) is 19.9. The van der Waals surface area contributed by atoms with E-state index < -0.39 is 11.2 Å². The summed E-state index contributed by atoms with van der Waals surface area (Å²) >= 11 is 0. The van der Waals surface area contributed by atoms with Crippen LogP contribution in [0.15, 0.2) is 60.7 Å². The summed E-state index contributed by atoms with van der Waals surface area (Å²) in [6.07, 6.45) is 1.64. The zero-order chi connectivity index (χ0) is 25.3. The number of hydrogen-bond donors (Lipinski definition) is 0. The molecule has 7 heteroatoms. The van der Waals surface area contributed by atoms with Crippen LogP contribution in [0.5, 0.6) is 5.75 Å². The van der Waals surface area contributed by atoms with E-state index in [2.05, 4.69) is 6.07 Å². The van der Waals surface area contributed by atoms with Crippen LogP contribution in [0, 0.1) is 17.1 Å². The van der Waals surface area contributed by atoms with E-state index in [9.17, 15) is 19.2 Å². The average Bonchev–Trinajstić information content (AvgIpc) is 3.03. The van der Waals surface area contributed by atoms with Crippen molar-refractivity contribution in [3.63, 3.8) is 0 Å². The number of benzene rings is 3. The quantitative estimate of drug-likeness (QED) is 0.504. The van der Waals surface area contributed by atoms with Crippen molar-refractivity contribution in [2.75, 3.05) is 20.4 Å². The third-order valence-electron chi connectivity index (χ3n) is 7.13. The highest BCUT2D eigenvalue weighted by Crippen LogP contribution is 2.43. The van der Waals surface area contributed by atoms with Crippen LogP contribution in [0.1, 0.15) is 44.6 Å². The van der Waals surface area contributed by atoms with Crippen molar-refractivity contribution in [2.24, 2.45) is 0 Å². The van der Waals surface area contributed by atoms with Crippen LogP contribution in [-0.2, 0) is 34.2 Å². The van der Waals surface area contributed by atoms with Crippen LogP contribution >= 0.6 is 0 Å². The molecule has 1 heterocycles. The largest absolute Gasteiger partial charge is 0.472 e. The zero-order valence-corrected chi connectivity index (χ0v) is 19.9. The lowest BCUT2D eigenvalue weighted by molar-refractivity contribution is -0.139. The Morgan fingerprint density at radius 1 is 1.11 bits per heavy atom. The maximum absolute atomic E-state index is 14.5. The van der Waals surface area contributed by atoms with Gasteiger partial charge in [-0.1, -0.05) is 36.4 Å². The number of carbonyl (C=O) groups excluding carboxylic acids is 2. The molecule has 0 saturated carbocycles. The fraction of sp³-hybridized carbons (Fsp3) is 0.276. The maximum Gasteiger partial charge on any atom is 0.309 e. The molecule has 3 aromatic rings. The van der Waals surface area contributed by atoms with Gasteiger partial charge in [0, 0.05) is 6.54 Å². The number of carbonyl (C=O) groups is 2. The molecule has 6 nitrogen and oxygen atoms in total. The number of fused-ring (bicyclic) bond motifs is 3. The minimum atomic E-state index is -1.22. The first-order valence-corrected chi connectivity index (χ1v) is 11.9. The minimum absolute atomic E-state index is 0.0660. The third kappa shape index (κ3) is 4.09. The number of methoxy groups -OCH3 is 1. The van der Waals surface area contributed by atoms with E-state index in [0.717, 1.165) is 16.7 Å². The first-order valence-electron chi connectivity index (χ1n) is 11.9. The first-order chi connectivity index (χ1) is 17.4. The molecule has 0 fully saturated rings. The summed E-state index contributed by atoms with van der Waals surface area (Å²) < 4.78 is 25.2. The SMILES string of the molecule is COC(=O)Cc1ccc2c(c1)C(C#N)(CCN1COc3ccccc3C1=O)c1cc(F)ccc1CC2. The number of para-hydroxylation sites is 1. The second kappa shape index (κ2) is 9.46. The van der Waals surface area contributed by atoms with Crippen LogP contribution in [0.2, 0.25) is 0 Å². The Balaban J connectivity index is 1.58. The predicted octanol–water partition coefficient (Wildman–Crippen LogP) is 4.33. The van der Waals surface area contributed by atoms with Crippen molar-refractivity contribution < 1.29 is 23.5 Å². The summed E-state index contributed by atoms with van der Waals surface area (Å²) in [4.78, 5) is 26.7. The number of rotatable bonds is 5. The molecule has 0 bridgehead atoms. The number of ether oxygens (including phenoxy) is 2. The Bertz CT molecular complexity index is 1400. The number of amides is 1. The third-order valence-corrected chi connectivity index (χ3v) is 7.13. The Morgan fingerprint density at radius 2 is 1.83 bits per heavy atom. The topological polar surface area (TPSA) is 79.6 Å². The standard InChI is InChI=1S/C29H25FN2O4/c1-35-27(33)15-19-6-7-20-8-9-21-10-11-22(30)16-25(21)29(17-31,24(20)14-19)12-13-32-18-36-26-5-3-2-4-23(26)28(32)34/h2-7,10-11,14,16H,8-9,12-13,15,18H2,1H3. The molecule has 0 spiro atoms. The lowest BCUT2D eigenvalue weighted by Crippen LogP contribution is -2.42. The molecule has 0 N–H and O–H groups in total. The van der Waals surface area contributed by atoms with Gasteiger partial charge in [-0.25, -0.2) is 4.39 Å². The van der Waals surface area contributed by atoms with Gasteiger partial charge >= 0.3 is 5.97 Å². The summed E-state index contributed by atoms with van der Waals surface area (Å²) in [6.45, 7) is 0.306. The molecular weight excluding hydrogens is 459 g/mol. The van der Waals surface area contributed by atoms with Crippen LogP contribution in [0.4, 0.5) is 4.39 Å². The molecule has 36 heavy (non-hydrogen) atoms. The molecule has 5 rings (SSSR count). The molecule has 3 aromatic carbocycles. The number of esters is 1. The molecule has 1 aliphatic carbocycles. The summed E-state index contributed by atoms with van der Waals surface area (Å²) in [5, 5.41) is 10.7. The molecule has 0 saturated heterocycles. The number of hydrogen-bond acceptors (Lipinski definition) is 5. The Kier molecular flexibility index (Phi) is 6.19. The normalized spacial score (nSPS) is 18.1. The number of nitrogens with zero attached hydrogens (tertiary/aromatic N) is 2. The van der Waals surface area contributed by atoms with Gasteiger partial charge in [0.1, 0.15) is 17.0 Å². The van der Waals surface area contributed by atoms with Crippen molar-refractivity contribution in [2.45, 2.75) is 31.1 Å². The second-order valence-corrected chi connectivity index (χ2v) is 9.15. The lowest BCUT2D eigenvalue weighted by atomic mass is 9.70. The maximum atomic E-state index is 14.5. The molecule has 1 unspecified atom stereocenters. The van der Waals surface area contributed by atoms with Gasteiger partial charge in [0.2, 0.25) is 0 Å². The van der Waals surface area contributed by atoms with Gasteiger partial charge in [-0.3, -0.25) is 9.59 Å². The van der Waals surface area contributed by atoms with E-state index in [1.165, 1.54) is 19.2 Å². The summed E-state index contributed by atoms with van der Waals surface area (Å²) in [5.41, 5.74) is 3.18. The fourth-order valence-electron chi connectivity index (χ4n) is 5.23. The van der Waals surface area contributed by atoms with Crippen molar-refractivity contribution >= 4 is 11.9 Å². The van der Waals surface area contributed by atoms with Gasteiger partial charge in [-0.05, 0) is 71.3 Å². The fourth-order valence-corrected chi connectivity index (χ4v) is 5.23. The molecule has 182 valence electrons. The smallest absolute Gasteiger partial charge is 0.309 e. The Labute approximate surface area is 208 Å². The van der Waals surface area contributed by atoms with E-state index in [0.29, 0.717) is 35.3 Å². The van der Waals surface area contributed by atoms with Crippen molar-refractivity contribution in [3.05, 3.63) is 99.9 Å². The average molecular weight is 485 g/mol. The van der Waals surface area contributed by atoms with Crippen molar-refractivity contribution in [1.82, 2.24) is 4.90 Å². The van der Waals surface area contributed by atoms with Crippen LogP contribution in [-0.4, -0.2) is 37.2 Å². The van der Waals surface area contributed by atoms with Crippen molar-refractivity contribution in [1.29, 1.82) is 5.26 Å². The summed E-state index contributed by atoms with van der Waals surface area (Å²) in [6, 6.07) is 19.8. The predicted molar refractivity (Wildman–Crippen MR) is 130 cm³/mol. The summed E-state index contributed by atoms with van der Waals surface area (Å²) in [7, 11) is 1.33. The van der Waals surface area contributed by atoms with E-state index in [1.807, 2.05) is 24.3 Å². The first kappa shape index (κ1) is 23.6. The van der Waals surface area contributed by atoms with E-state index >= 15 is 0 Å². The number of aryl methyl sites for hydroxylation is 2. The van der Waals surface area contributed by atoms with Gasteiger partial charge in [0.25, 0.3) is 5.91 Å². The van der Waals surface area contributed by atoms with Gasteiger partial charge < -0.3 is 14.4 Å². The molecule has 2 aliphatic rings. The highest BCUT2D eigenvalue weighted by atomic mass is 19.1. The van der Waals surface area contributed by atoms with Gasteiger partial charge in [-0.15, -0.1) is 0 Å². The van der Waals surface area contributed by atoms with E-state index in [1.54, 1.807) is 29.2 Å². The molecule has 0 aromatic heterocycles. The highest BCUT2D eigenvalue weighted by Gasteiger charge is 2.41. The second-order valence-electron chi connectivity index (χ2n) is 9.15. The summed E-state index contributed by atoms with van der Waals surface area (Å²) in [5.74, 6) is -0.438. The van der Waals surface area contributed by atoms with E-state index in [-0.39, 0.29) is 38.0 Å². The minimum Gasteiger partial charge on any atom is -0.472 e. The van der Waals surface area contributed by atoms with Crippen LogP contribution in [0.3, 0.4) is 0 Å². The van der Waals surface area contributed by atoms with E-state index in [4.69, 9.17) is 9.47 Å².